The van der Waals surface area contributed by atoms with Gasteiger partial charge in [0, 0.05) is 35.4 Å². The number of hydroxylamine groups is 2. The molecular formula is C14H26N2O7S2. The van der Waals surface area contributed by atoms with E-state index < -0.39 is 22.3 Å². The molecule has 0 radical (unpaired) electrons. The molecule has 0 unspecified atom stereocenters. The van der Waals surface area contributed by atoms with Gasteiger partial charge in [0.1, 0.15) is 19.3 Å². The van der Waals surface area contributed by atoms with Crippen molar-refractivity contribution in [1.82, 2.24) is 5.06 Å². The van der Waals surface area contributed by atoms with E-state index in [2.05, 4.69) is 4.84 Å². The molecular weight excluding hydrogens is 372 g/mol. The highest BCUT2D eigenvalue weighted by molar-refractivity contribution is 8.76. The number of ether oxygens (including phenoxy) is 2. The predicted molar refractivity (Wildman–Crippen MR) is 95.1 cm³/mol. The molecule has 0 saturated carbocycles. The SMILES string of the molecule is CC1(C)CC(OC(=O)OCCSSCCO[N+](=O)[O-])CC(C)(C)N1O. The third-order valence-electron chi connectivity index (χ3n) is 3.70. The maximum atomic E-state index is 11.8. The van der Waals surface area contributed by atoms with E-state index in [1.54, 1.807) is 0 Å². The van der Waals surface area contributed by atoms with E-state index in [9.17, 15) is 20.1 Å². The maximum Gasteiger partial charge on any atom is 0.508 e. The van der Waals surface area contributed by atoms with Crippen LogP contribution in [0, 0.1) is 10.1 Å². The van der Waals surface area contributed by atoms with E-state index >= 15 is 0 Å². The van der Waals surface area contributed by atoms with Gasteiger partial charge in [0.05, 0.1) is 0 Å². The molecule has 0 aromatic heterocycles. The summed E-state index contributed by atoms with van der Waals surface area (Å²) in [4.78, 5) is 25.9. The van der Waals surface area contributed by atoms with Crippen molar-refractivity contribution in [3.8, 4) is 0 Å². The smallest absolute Gasteiger partial charge is 0.433 e. The molecule has 1 fully saturated rings. The summed E-state index contributed by atoms with van der Waals surface area (Å²) in [5, 5.41) is 20.7. The number of hydrogen-bond donors (Lipinski definition) is 1. The number of piperidine rings is 1. The average Bonchev–Trinajstić information content (AvgIpc) is 2.46. The van der Waals surface area contributed by atoms with Crippen molar-refractivity contribution in [1.29, 1.82) is 0 Å². The molecule has 0 amide bonds. The van der Waals surface area contributed by atoms with Crippen LogP contribution in [0.1, 0.15) is 40.5 Å². The van der Waals surface area contributed by atoms with E-state index in [0.717, 1.165) is 0 Å². The van der Waals surface area contributed by atoms with Crippen molar-refractivity contribution < 1.29 is 29.4 Å². The lowest BCUT2D eigenvalue weighted by Crippen LogP contribution is -2.60. The van der Waals surface area contributed by atoms with Gasteiger partial charge in [-0.25, -0.2) is 4.79 Å². The molecule has 9 nitrogen and oxygen atoms in total. The summed E-state index contributed by atoms with van der Waals surface area (Å²) in [6.45, 7) is 7.80. The number of hydrogen-bond acceptors (Lipinski definition) is 10. The fraction of sp³-hybridized carbons (Fsp3) is 0.929. The lowest BCUT2D eigenvalue weighted by Gasteiger charge is -2.50. The van der Waals surface area contributed by atoms with Crippen molar-refractivity contribution in [2.45, 2.75) is 57.7 Å². The van der Waals surface area contributed by atoms with Crippen LogP contribution in [0.15, 0.2) is 0 Å². The lowest BCUT2D eigenvalue weighted by atomic mass is 9.80. The lowest BCUT2D eigenvalue weighted by molar-refractivity contribution is -0.756. The van der Waals surface area contributed by atoms with Gasteiger partial charge in [-0.1, -0.05) is 21.6 Å². The first-order chi connectivity index (χ1) is 11.5. The standard InChI is InChI=1S/C14H26N2O7S2/c1-13(2)9-11(10-14(3,4)15(13)18)23-12(17)21-5-7-24-25-8-6-22-16(19)20/h11,18H,5-10H2,1-4H3. The van der Waals surface area contributed by atoms with Crippen LogP contribution in [0.3, 0.4) is 0 Å². The minimum Gasteiger partial charge on any atom is -0.433 e. The molecule has 1 saturated heterocycles. The van der Waals surface area contributed by atoms with Crippen LogP contribution >= 0.6 is 21.6 Å². The number of rotatable bonds is 9. The highest BCUT2D eigenvalue weighted by Crippen LogP contribution is 2.38. The van der Waals surface area contributed by atoms with Crippen molar-refractivity contribution in [2.75, 3.05) is 24.7 Å². The van der Waals surface area contributed by atoms with Crippen LogP contribution in [0.2, 0.25) is 0 Å². The molecule has 0 spiro atoms. The average molecular weight is 399 g/mol. The quantitative estimate of drug-likeness (QED) is 0.204. The van der Waals surface area contributed by atoms with Crippen LogP contribution in [0.5, 0.6) is 0 Å². The first kappa shape index (κ1) is 22.1. The third kappa shape index (κ3) is 7.89. The van der Waals surface area contributed by atoms with Gasteiger partial charge in [0.25, 0.3) is 5.09 Å². The van der Waals surface area contributed by atoms with Gasteiger partial charge in [-0.15, -0.1) is 10.1 Å². The van der Waals surface area contributed by atoms with Gasteiger partial charge >= 0.3 is 6.16 Å². The monoisotopic (exact) mass is 398 g/mol. The van der Waals surface area contributed by atoms with Crippen LogP contribution < -0.4 is 0 Å². The summed E-state index contributed by atoms with van der Waals surface area (Å²) in [6, 6.07) is 0. The Morgan fingerprint density at radius 3 is 2.24 bits per heavy atom. The summed E-state index contributed by atoms with van der Waals surface area (Å²) in [7, 11) is 2.84. The van der Waals surface area contributed by atoms with Gasteiger partial charge in [-0.05, 0) is 27.7 Å². The summed E-state index contributed by atoms with van der Waals surface area (Å²) in [5.74, 6) is 1.02. The summed E-state index contributed by atoms with van der Waals surface area (Å²) < 4.78 is 10.4. The van der Waals surface area contributed by atoms with Crippen LogP contribution in [0.4, 0.5) is 4.79 Å². The van der Waals surface area contributed by atoms with Crippen molar-refractivity contribution in [2.24, 2.45) is 0 Å². The van der Waals surface area contributed by atoms with Crippen LogP contribution in [-0.2, 0) is 14.3 Å². The van der Waals surface area contributed by atoms with Gasteiger partial charge in [0.2, 0.25) is 0 Å². The molecule has 0 atom stereocenters. The number of carbonyl (C=O) groups excluding carboxylic acids is 1. The summed E-state index contributed by atoms with van der Waals surface area (Å²) in [5.41, 5.74) is -0.990. The first-order valence-corrected chi connectivity index (χ1v) is 10.4. The van der Waals surface area contributed by atoms with Crippen molar-refractivity contribution >= 4 is 27.7 Å². The minimum atomic E-state index is -0.825. The molecule has 0 aromatic carbocycles. The largest absolute Gasteiger partial charge is 0.508 e. The zero-order valence-corrected chi connectivity index (χ0v) is 16.6. The molecule has 1 heterocycles. The van der Waals surface area contributed by atoms with Gasteiger partial charge in [-0.3, -0.25) is 0 Å². The highest BCUT2D eigenvalue weighted by atomic mass is 33.1. The molecule has 0 aromatic rings. The van der Waals surface area contributed by atoms with Gasteiger partial charge < -0.3 is 19.5 Å². The first-order valence-electron chi connectivity index (χ1n) is 7.89. The second-order valence-corrected chi connectivity index (χ2v) is 9.59. The van der Waals surface area contributed by atoms with Crippen LogP contribution in [0.25, 0.3) is 0 Å². The second kappa shape index (κ2) is 9.70. The minimum absolute atomic E-state index is 0.0304. The Balaban J connectivity index is 2.19. The highest BCUT2D eigenvalue weighted by Gasteiger charge is 2.46. The van der Waals surface area contributed by atoms with E-state index in [-0.39, 0.29) is 19.3 Å². The Kier molecular flexibility index (Phi) is 8.58. The normalized spacial score (nSPS) is 20.0. The molecule has 146 valence electrons. The number of nitrogens with zero attached hydrogens (tertiary/aromatic N) is 2. The summed E-state index contributed by atoms with van der Waals surface area (Å²) in [6.07, 6.45) is -0.000856. The molecule has 1 rings (SSSR count). The predicted octanol–water partition coefficient (Wildman–Crippen LogP) is 3.14. The van der Waals surface area contributed by atoms with Crippen LogP contribution in [-0.4, -0.2) is 63.4 Å². The van der Waals surface area contributed by atoms with Crippen molar-refractivity contribution in [3.05, 3.63) is 10.1 Å². The Labute approximate surface area is 155 Å². The topological polar surface area (TPSA) is 111 Å². The Hall–Kier alpha value is -0.910. The third-order valence-corrected chi connectivity index (χ3v) is 6.03. The second-order valence-electron chi connectivity index (χ2n) is 6.88. The number of carbonyl (C=O) groups is 1. The zero-order valence-electron chi connectivity index (χ0n) is 14.9. The molecule has 0 bridgehead atoms. The van der Waals surface area contributed by atoms with Gasteiger partial charge in [-0.2, -0.15) is 5.06 Å². The zero-order chi connectivity index (χ0) is 19.1. The van der Waals surface area contributed by atoms with Gasteiger partial charge in [0.15, 0.2) is 0 Å². The Morgan fingerprint density at radius 1 is 1.20 bits per heavy atom. The van der Waals surface area contributed by atoms with E-state index in [4.69, 9.17) is 9.47 Å². The molecule has 0 aliphatic carbocycles. The summed E-state index contributed by atoms with van der Waals surface area (Å²) >= 11 is 0. The maximum absolute atomic E-state index is 11.8. The fourth-order valence-electron chi connectivity index (χ4n) is 2.85. The molecule has 1 aliphatic heterocycles. The fourth-order valence-corrected chi connectivity index (χ4v) is 4.50. The van der Waals surface area contributed by atoms with Crippen molar-refractivity contribution in [3.63, 3.8) is 0 Å². The molecule has 11 heteroatoms. The van der Waals surface area contributed by atoms with E-state index in [0.29, 0.717) is 24.3 Å². The molecule has 1 N–H and O–H groups in total. The Morgan fingerprint density at radius 2 is 1.72 bits per heavy atom. The Bertz CT molecular complexity index is 444. The molecule has 1 aliphatic rings. The molecule has 25 heavy (non-hydrogen) atoms. The van der Waals surface area contributed by atoms with E-state index in [1.807, 2.05) is 27.7 Å². The van der Waals surface area contributed by atoms with E-state index in [1.165, 1.54) is 26.7 Å².